The number of rotatable bonds is 1. The summed E-state index contributed by atoms with van der Waals surface area (Å²) in [6.07, 6.45) is 7.70. The predicted octanol–water partition coefficient (Wildman–Crippen LogP) is 2.92. The second kappa shape index (κ2) is 3.55. The molecule has 0 aromatic carbocycles. The van der Waals surface area contributed by atoms with Crippen molar-refractivity contribution < 1.29 is 4.79 Å². The second-order valence-electron chi connectivity index (χ2n) is 5.86. The zero-order chi connectivity index (χ0) is 12.5. The zero-order valence-corrected chi connectivity index (χ0v) is 11.5. The van der Waals surface area contributed by atoms with Gasteiger partial charge in [0.1, 0.15) is 9.91 Å². The van der Waals surface area contributed by atoms with Crippen molar-refractivity contribution in [2.45, 2.75) is 24.1 Å². The fourth-order valence-electron chi connectivity index (χ4n) is 4.28. The van der Waals surface area contributed by atoms with E-state index in [2.05, 4.69) is 17.1 Å². The number of alkyl halides is 1. The van der Waals surface area contributed by atoms with Crippen molar-refractivity contribution >= 4 is 29.0 Å². The van der Waals surface area contributed by atoms with Crippen molar-refractivity contribution in [2.75, 3.05) is 13.1 Å². The maximum Gasteiger partial charge on any atom is 0.181 e. The monoisotopic (exact) mass is 283 g/mol. The maximum absolute atomic E-state index is 12.4. The Morgan fingerprint density at radius 3 is 2.72 bits per heavy atom. The first kappa shape index (κ1) is 11.4. The number of allylic oxidation sites excluding steroid dienone is 4. The Balaban J connectivity index is 1.84. The van der Waals surface area contributed by atoms with E-state index in [4.69, 9.17) is 23.2 Å². The minimum atomic E-state index is -0.544. The van der Waals surface area contributed by atoms with Crippen LogP contribution >= 0.6 is 23.2 Å². The highest BCUT2D eigenvalue weighted by atomic mass is 35.5. The summed E-state index contributed by atoms with van der Waals surface area (Å²) >= 11 is 13.3. The van der Waals surface area contributed by atoms with Crippen molar-refractivity contribution in [3.63, 3.8) is 0 Å². The quantitative estimate of drug-likeness (QED) is 0.545. The van der Waals surface area contributed by atoms with Crippen LogP contribution in [0.5, 0.6) is 0 Å². The van der Waals surface area contributed by atoms with Gasteiger partial charge in [0.05, 0.1) is 11.6 Å². The molecule has 4 rings (SSSR count). The fraction of sp³-hybridized carbons (Fsp3) is 0.643. The number of likely N-dealkylation sites (tertiary alicyclic amines) is 1. The number of hydrogen-bond donors (Lipinski definition) is 0. The lowest BCUT2D eigenvalue weighted by molar-refractivity contribution is -0.118. The Kier molecular flexibility index (Phi) is 2.24. The lowest BCUT2D eigenvalue weighted by Gasteiger charge is -2.36. The molecule has 96 valence electrons. The van der Waals surface area contributed by atoms with Crippen LogP contribution in [0.2, 0.25) is 0 Å². The summed E-state index contributed by atoms with van der Waals surface area (Å²) in [6, 6.07) is 0. The summed E-state index contributed by atoms with van der Waals surface area (Å²) in [7, 11) is 0. The molecule has 0 spiro atoms. The lowest BCUT2D eigenvalue weighted by Crippen LogP contribution is -2.42. The van der Waals surface area contributed by atoms with Crippen molar-refractivity contribution in [2.24, 2.45) is 17.8 Å². The molecule has 0 unspecified atom stereocenters. The lowest BCUT2D eigenvalue weighted by atomic mass is 9.82. The van der Waals surface area contributed by atoms with E-state index in [0.717, 1.165) is 25.2 Å². The van der Waals surface area contributed by atoms with Gasteiger partial charge in [0.2, 0.25) is 0 Å². The molecule has 0 aromatic heterocycles. The summed E-state index contributed by atoms with van der Waals surface area (Å²) in [5.41, 5.74) is 0.940. The third kappa shape index (κ3) is 1.14. The Hall–Kier alpha value is -0.470. The molecule has 18 heavy (non-hydrogen) atoms. The SMILES string of the molecule is O=C1C(Cl)=C(N2CCCC2)[C@]2(Cl)[C@H]1[C@@H]1C=C[C@H]2C1. The summed E-state index contributed by atoms with van der Waals surface area (Å²) in [5.74, 6) is 0.543. The minimum Gasteiger partial charge on any atom is -0.372 e. The maximum atomic E-state index is 12.4. The molecule has 2 fully saturated rings. The van der Waals surface area contributed by atoms with E-state index in [-0.39, 0.29) is 17.6 Å². The first-order valence-corrected chi connectivity index (χ1v) is 7.46. The Bertz CT molecular complexity index is 492. The smallest absolute Gasteiger partial charge is 0.181 e. The van der Waals surface area contributed by atoms with Gasteiger partial charge >= 0.3 is 0 Å². The number of hydrogen-bond acceptors (Lipinski definition) is 2. The van der Waals surface area contributed by atoms with Crippen molar-refractivity contribution in [3.05, 3.63) is 22.9 Å². The van der Waals surface area contributed by atoms with Crippen LogP contribution in [0.15, 0.2) is 22.9 Å². The fourth-order valence-corrected chi connectivity index (χ4v) is 5.36. The molecule has 4 aliphatic rings. The van der Waals surface area contributed by atoms with Crippen LogP contribution in [0, 0.1) is 17.8 Å². The van der Waals surface area contributed by atoms with Gasteiger partial charge in [-0.1, -0.05) is 23.8 Å². The van der Waals surface area contributed by atoms with Crippen LogP contribution < -0.4 is 0 Å². The van der Waals surface area contributed by atoms with Gasteiger partial charge in [0.15, 0.2) is 5.78 Å². The van der Waals surface area contributed by atoms with Gasteiger partial charge in [-0.25, -0.2) is 0 Å². The molecule has 1 saturated heterocycles. The highest BCUT2D eigenvalue weighted by Gasteiger charge is 2.65. The molecule has 4 heteroatoms. The van der Waals surface area contributed by atoms with Gasteiger partial charge in [-0.15, -0.1) is 11.6 Å². The molecule has 1 heterocycles. The number of nitrogens with zero attached hydrogens (tertiary/aromatic N) is 1. The van der Waals surface area contributed by atoms with E-state index in [1.807, 2.05) is 0 Å². The van der Waals surface area contributed by atoms with Crippen LogP contribution in [0.1, 0.15) is 19.3 Å². The molecule has 3 aliphatic carbocycles. The molecule has 0 radical (unpaired) electrons. The van der Waals surface area contributed by atoms with Gasteiger partial charge in [0, 0.05) is 19.0 Å². The molecule has 0 N–H and O–H groups in total. The van der Waals surface area contributed by atoms with Gasteiger partial charge in [-0.3, -0.25) is 4.79 Å². The van der Waals surface area contributed by atoms with Gasteiger partial charge in [-0.05, 0) is 25.2 Å². The molecular weight excluding hydrogens is 269 g/mol. The Morgan fingerprint density at radius 1 is 1.28 bits per heavy atom. The molecule has 1 saturated carbocycles. The van der Waals surface area contributed by atoms with Crippen LogP contribution in [0.4, 0.5) is 0 Å². The average molecular weight is 284 g/mol. The van der Waals surface area contributed by atoms with Crippen LogP contribution in [0.25, 0.3) is 0 Å². The molecule has 0 amide bonds. The third-order valence-electron chi connectivity index (χ3n) is 5.03. The standard InChI is InChI=1S/C14H15Cl2NO/c15-11-12(18)10-8-3-4-9(7-8)14(10,16)13(11)17-5-1-2-6-17/h3-4,8-10H,1-2,5-7H2/t8-,9+,10+,14-/m1/s1. The summed E-state index contributed by atoms with van der Waals surface area (Å²) in [5, 5.41) is 0.412. The van der Waals surface area contributed by atoms with Gasteiger partial charge in [-0.2, -0.15) is 0 Å². The highest BCUT2D eigenvalue weighted by molar-refractivity contribution is 6.47. The summed E-state index contributed by atoms with van der Waals surface area (Å²) in [6.45, 7) is 1.97. The van der Waals surface area contributed by atoms with Crippen molar-refractivity contribution in [1.29, 1.82) is 0 Å². The average Bonchev–Trinajstić information content (AvgIpc) is 3.04. The summed E-state index contributed by atoms with van der Waals surface area (Å²) in [4.78, 5) is 14.1. The minimum absolute atomic E-state index is 0.0745. The van der Waals surface area contributed by atoms with Crippen molar-refractivity contribution in [1.82, 2.24) is 4.90 Å². The van der Waals surface area contributed by atoms with Crippen molar-refractivity contribution in [3.8, 4) is 0 Å². The number of ketones is 1. The normalized spacial score (nSPS) is 45.6. The number of carbonyl (C=O) groups is 1. The van der Waals surface area contributed by atoms with Crippen LogP contribution in [0.3, 0.4) is 0 Å². The Labute approximate surface area is 117 Å². The van der Waals surface area contributed by atoms with E-state index < -0.39 is 4.87 Å². The van der Waals surface area contributed by atoms with Gasteiger partial charge in [0.25, 0.3) is 0 Å². The summed E-state index contributed by atoms with van der Waals surface area (Å²) < 4.78 is 0. The van der Waals surface area contributed by atoms with E-state index in [9.17, 15) is 4.79 Å². The largest absolute Gasteiger partial charge is 0.372 e. The molecule has 2 bridgehead atoms. The second-order valence-corrected chi connectivity index (χ2v) is 6.86. The topological polar surface area (TPSA) is 20.3 Å². The number of carbonyl (C=O) groups excluding carboxylic acids is 1. The molecular formula is C14H15Cl2NO. The Morgan fingerprint density at radius 2 is 2.00 bits per heavy atom. The predicted molar refractivity (Wildman–Crippen MR) is 71.5 cm³/mol. The highest BCUT2D eigenvalue weighted by Crippen LogP contribution is 2.63. The van der Waals surface area contributed by atoms with E-state index in [1.54, 1.807) is 0 Å². The number of halogens is 2. The van der Waals surface area contributed by atoms with Crippen LogP contribution in [-0.2, 0) is 4.79 Å². The third-order valence-corrected chi connectivity index (χ3v) is 6.09. The van der Waals surface area contributed by atoms with Gasteiger partial charge < -0.3 is 4.90 Å². The van der Waals surface area contributed by atoms with E-state index in [0.29, 0.717) is 11.0 Å². The molecule has 2 nitrogen and oxygen atoms in total. The number of fused-ring (bicyclic) bond motifs is 5. The molecule has 4 atom stereocenters. The first-order chi connectivity index (χ1) is 8.64. The first-order valence-electron chi connectivity index (χ1n) is 6.70. The van der Waals surface area contributed by atoms with E-state index >= 15 is 0 Å². The molecule has 1 aliphatic heterocycles. The van der Waals surface area contributed by atoms with E-state index in [1.165, 1.54) is 12.8 Å². The molecule has 0 aromatic rings. The zero-order valence-electron chi connectivity index (χ0n) is 10.0. The van der Waals surface area contributed by atoms with Crippen LogP contribution in [-0.4, -0.2) is 28.6 Å². The number of Topliss-reactive ketones (excluding diaryl/α,β-unsaturated/α-hetero) is 1.